The van der Waals surface area contributed by atoms with Crippen LogP contribution in [0.4, 0.5) is 8.78 Å². The maximum absolute atomic E-state index is 11.7. The zero-order valence-corrected chi connectivity index (χ0v) is 7.81. The highest BCUT2D eigenvalue weighted by molar-refractivity contribution is 7.80. The van der Waals surface area contributed by atoms with Crippen LogP contribution < -0.4 is 4.74 Å². The van der Waals surface area contributed by atoms with Gasteiger partial charge in [0.05, 0.1) is 0 Å². The first-order valence-corrected chi connectivity index (χ1v) is 4.50. The molecular formula is C9H10F2OS. The number of hydrogen-bond acceptors (Lipinski definition) is 2. The van der Waals surface area contributed by atoms with Crippen LogP contribution in [0, 0.1) is 0 Å². The summed E-state index contributed by atoms with van der Waals surface area (Å²) in [5.41, 5.74) is 1.07. The van der Waals surface area contributed by atoms with Crippen LogP contribution in [0.1, 0.15) is 5.56 Å². The van der Waals surface area contributed by atoms with E-state index in [-0.39, 0.29) is 5.75 Å². The van der Waals surface area contributed by atoms with Crippen LogP contribution in [0.3, 0.4) is 0 Å². The summed E-state index contributed by atoms with van der Waals surface area (Å²) in [6.07, 6.45) is 0.831. The number of rotatable bonds is 4. The third kappa shape index (κ3) is 3.63. The summed E-state index contributed by atoms with van der Waals surface area (Å²) in [7, 11) is 0. The van der Waals surface area contributed by atoms with Gasteiger partial charge in [0.25, 0.3) is 0 Å². The van der Waals surface area contributed by atoms with Gasteiger partial charge in [0.15, 0.2) is 0 Å². The van der Waals surface area contributed by atoms with E-state index in [1.165, 1.54) is 12.1 Å². The quantitative estimate of drug-likeness (QED) is 0.742. The van der Waals surface area contributed by atoms with Crippen molar-refractivity contribution in [3.05, 3.63) is 29.8 Å². The van der Waals surface area contributed by atoms with Crippen molar-refractivity contribution in [2.75, 3.05) is 5.75 Å². The SMILES string of the molecule is FC(F)Oc1ccc(CCS)cc1. The van der Waals surface area contributed by atoms with Crippen molar-refractivity contribution in [2.24, 2.45) is 0 Å². The second-order valence-corrected chi connectivity index (χ2v) is 2.94. The number of hydrogen-bond donors (Lipinski definition) is 1. The largest absolute Gasteiger partial charge is 0.435 e. The van der Waals surface area contributed by atoms with Gasteiger partial charge >= 0.3 is 6.61 Å². The van der Waals surface area contributed by atoms with Crippen LogP contribution in [0.15, 0.2) is 24.3 Å². The second kappa shape index (κ2) is 5.07. The van der Waals surface area contributed by atoms with Gasteiger partial charge in [-0.05, 0) is 29.9 Å². The first-order chi connectivity index (χ1) is 6.22. The minimum atomic E-state index is -2.75. The highest BCUT2D eigenvalue weighted by Crippen LogP contribution is 2.15. The number of ether oxygens (including phenoxy) is 1. The number of aryl methyl sites for hydroxylation is 1. The Kier molecular flexibility index (Phi) is 4.02. The molecule has 0 saturated carbocycles. The molecule has 0 aliphatic carbocycles. The Balaban J connectivity index is 2.59. The molecule has 0 atom stereocenters. The molecule has 0 aromatic heterocycles. The first kappa shape index (κ1) is 10.3. The van der Waals surface area contributed by atoms with Gasteiger partial charge in [-0.25, -0.2) is 0 Å². The van der Waals surface area contributed by atoms with Gasteiger partial charge < -0.3 is 4.74 Å². The van der Waals surface area contributed by atoms with E-state index in [1.54, 1.807) is 12.1 Å². The highest BCUT2D eigenvalue weighted by atomic mass is 32.1. The van der Waals surface area contributed by atoms with Gasteiger partial charge in [0.2, 0.25) is 0 Å². The van der Waals surface area contributed by atoms with Crippen LogP contribution in [0.5, 0.6) is 5.75 Å². The molecule has 1 aromatic rings. The number of thiol groups is 1. The van der Waals surface area contributed by atoms with Crippen LogP contribution in [-0.4, -0.2) is 12.4 Å². The molecular weight excluding hydrogens is 194 g/mol. The predicted octanol–water partition coefficient (Wildman–Crippen LogP) is 2.76. The molecule has 72 valence electrons. The fourth-order valence-electron chi connectivity index (χ4n) is 0.967. The van der Waals surface area contributed by atoms with Crippen LogP contribution in [-0.2, 0) is 6.42 Å². The maximum Gasteiger partial charge on any atom is 0.387 e. The summed E-state index contributed by atoms with van der Waals surface area (Å²) in [4.78, 5) is 0. The maximum atomic E-state index is 11.7. The molecule has 0 aliphatic rings. The summed E-state index contributed by atoms with van der Waals surface area (Å²) < 4.78 is 27.7. The fourth-order valence-corrected chi connectivity index (χ4v) is 1.22. The minimum absolute atomic E-state index is 0.193. The first-order valence-electron chi connectivity index (χ1n) is 3.87. The lowest BCUT2D eigenvalue weighted by molar-refractivity contribution is -0.0498. The average molecular weight is 204 g/mol. The highest BCUT2D eigenvalue weighted by Gasteiger charge is 2.02. The van der Waals surface area contributed by atoms with Gasteiger partial charge in [0.1, 0.15) is 5.75 Å². The van der Waals surface area contributed by atoms with E-state index < -0.39 is 6.61 Å². The Bertz CT molecular complexity index is 248. The van der Waals surface area contributed by atoms with Crippen LogP contribution in [0.2, 0.25) is 0 Å². The van der Waals surface area contributed by atoms with Gasteiger partial charge in [-0.15, -0.1) is 0 Å². The number of benzene rings is 1. The molecule has 1 aromatic carbocycles. The van der Waals surface area contributed by atoms with Crippen molar-refractivity contribution in [1.82, 2.24) is 0 Å². The smallest absolute Gasteiger partial charge is 0.387 e. The zero-order chi connectivity index (χ0) is 9.68. The molecule has 0 bridgehead atoms. The Morgan fingerprint density at radius 3 is 2.31 bits per heavy atom. The molecule has 0 heterocycles. The van der Waals surface area contributed by atoms with Gasteiger partial charge in [0, 0.05) is 0 Å². The van der Waals surface area contributed by atoms with Crippen LogP contribution >= 0.6 is 12.6 Å². The summed E-state index contributed by atoms with van der Waals surface area (Å²) in [6, 6.07) is 6.58. The fraction of sp³-hybridized carbons (Fsp3) is 0.333. The van der Waals surface area contributed by atoms with E-state index in [0.29, 0.717) is 0 Å². The molecule has 0 saturated heterocycles. The normalized spacial score (nSPS) is 10.5. The molecule has 0 aliphatic heterocycles. The molecule has 0 N–H and O–H groups in total. The zero-order valence-electron chi connectivity index (χ0n) is 6.91. The Morgan fingerprint density at radius 1 is 1.23 bits per heavy atom. The molecule has 1 rings (SSSR count). The third-order valence-electron chi connectivity index (χ3n) is 1.55. The Morgan fingerprint density at radius 2 is 1.85 bits per heavy atom. The lowest BCUT2D eigenvalue weighted by Gasteiger charge is -2.04. The molecule has 0 amide bonds. The molecule has 4 heteroatoms. The van der Waals surface area contributed by atoms with Crippen LogP contribution in [0.25, 0.3) is 0 Å². The predicted molar refractivity (Wildman–Crippen MR) is 50.6 cm³/mol. The summed E-state index contributed by atoms with van der Waals surface area (Å²) in [5.74, 6) is 0.938. The molecule has 0 spiro atoms. The number of alkyl halides is 2. The third-order valence-corrected chi connectivity index (χ3v) is 1.77. The van der Waals surface area contributed by atoms with E-state index in [4.69, 9.17) is 0 Å². The van der Waals surface area contributed by atoms with Crippen molar-refractivity contribution in [3.63, 3.8) is 0 Å². The molecule has 0 radical (unpaired) electrons. The summed E-state index contributed by atoms with van der Waals surface area (Å²) in [6.45, 7) is -2.75. The van der Waals surface area contributed by atoms with E-state index in [9.17, 15) is 8.78 Å². The van der Waals surface area contributed by atoms with Gasteiger partial charge in [-0.3, -0.25) is 0 Å². The van der Waals surface area contributed by atoms with E-state index in [2.05, 4.69) is 17.4 Å². The van der Waals surface area contributed by atoms with Gasteiger partial charge in [-0.1, -0.05) is 12.1 Å². The molecule has 0 unspecified atom stereocenters. The summed E-state index contributed by atoms with van der Waals surface area (Å²) >= 11 is 4.06. The lowest BCUT2D eigenvalue weighted by Crippen LogP contribution is -2.01. The molecule has 1 nitrogen and oxygen atoms in total. The average Bonchev–Trinajstić information content (AvgIpc) is 2.08. The van der Waals surface area contributed by atoms with E-state index in [0.717, 1.165) is 17.7 Å². The monoisotopic (exact) mass is 204 g/mol. The van der Waals surface area contributed by atoms with Gasteiger partial charge in [-0.2, -0.15) is 21.4 Å². The van der Waals surface area contributed by atoms with Crippen molar-refractivity contribution in [3.8, 4) is 5.75 Å². The van der Waals surface area contributed by atoms with E-state index >= 15 is 0 Å². The lowest BCUT2D eigenvalue weighted by atomic mass is 10.2. The van der Waals surface area contributed by atoms with E-state index in [1.807, 2.05) is 0 Å². The van der Waals surface area contributed by atoms with Crippen molar-refractivity contribution < 1.29 is 13.5 Å². The number of halogens is 2. The standard InChI is InChI=1S/C9H10F2OS/c10-9(11)12-8-3-1-7(2-4-8)5-6-13/h1-4,9,13H,5-6H2. The van der Waals surface area contributed by atoms with Crippen molar-refractivity contribution in [1.29, 1.82) is 0 Å². The molecule has 0 fully saturated rings. The minimum Gasteiger partial charge on any atom is -0.435 e. The Labute approximate surface area is 81.1 Å². The summed E-state index contributed by atoms with van der Waals surface area (Å²) in [5, 5.41) is 0. The topological polar surface area (TPSA) is 9.23 Å². The second-order valence-electron chi connectivity index (χ2n) is 2.50. The van der Waals surface area contributed by atoms with Crippen molar-refractivity contribution >= 4 is 12.6 Å². The molecule has 13 heavy (non-hydrogen) atoms. The Hall–Kier alpha value is -0.770. The van der Waals surface area contributed by atoms with Crippen molar-refractivity contribution in [2.45, 2.75) is 13.0 Å².